The number of hydrogen-bond acceptors (Lipinski definition) is 6. The number of nitrogens with one attached hydrogen (secondary N) is 1. The molecule has 3 heterocycles. The van der Waals surface area contributed by atoms with Crippen molar-refractivity contribution in [2.45, 2.75) is 20.0 Å². The Morgan fingerprint density at radius 1 is 1.13 bits per heavy atom. The normalized spacial score (nSPS) is 10.9. The summed E-state index contributed by atoms with van der Waals surface area (Å²) in [5, 5.41) is 7.09. The van der Waals surface area contributed by atoms with Gasteiger partial charge in [-0.3, -0.25) is 9.78 Å². The van der Waals surface area contributed by atoms with Gasteiger partial charge in [-0.15, -0.1) is 5.10 Å². The van der Waals surface area contributed by atoms with Crippen molar-refractivity contribution in [1.29, 1.82) is 0 Å². The number of rotatable bonds is 6. The Kier molecular flexibility index (Phi) is 5.25. The first kappa shape index (κ1) is 19.3. The van der Waals surface area contributed by atoms with Gasteiger partial charge in [0.05, 0.1) is 18.5 Å². The number of aromatic nitrogens is 5. The van der Waals surface area contributed by atoms with Crippen LogP contribution in [0.1, 0.15) is 11.4 Å². The molecule has 1 N–H and O–H groups in total. The lowest BCUT2D eigenvalue weighted by Gasteiger charge is -2.09. The third-order valence-electron chi connectivity index (χ3n) is 4.63. The van der Waals surface area contributed by atoms with Crippen LogP contribution in [0, 0.1) is 6.92 Å². The minimum Gasteiger partial charge on any atom is -0.496 e. The van der Waals surface area contributed by atoms with Crippen LogP contribution in [0.25, 0.3) is 17.0 Å². The summed E-state index contributed by atoms with van der Waals surface area (Å²) in [4.78, 5) is 33.9. The number of carbonyl (C=O) groups is 1. The van der Waals surface area contributed by atoms with Crippen LogP contribution in [-0.2, 0) is 17.9 Å². The van der Waals surface area contributed by atoms with Gasteiger partial charge in [0.2, 0.25) is 5.91 Å². The zero-order valence-electron chi connectivity index (χ0n) is 16.6. The van der Waals surface area contributed by atoms with E-state index in [1.165, 1.54) is 4.40 Å². The highest BCUT2D eigenvalue weighted by atomic mass is 16.5. The van der Waals surface area contributed by atoms with Crippen molar-refractivity contribution >= 4 is 11.6 Å². The standard InChI is InChI=1S/C21H20N6O3/c1-14-24-17(16-8-5-6-10-22-16)11-19-25-26(21(29)27(14)19)13-20(28)23-12-15-7-3-4-9-18(15)30-2/h3-11H,12-13H2,1-2H3,(H,23,28). The van der Waals surface area contributed by atoms with Crippen molar-refractivity contribution in [2.75, 3.05) is 7.11 Å². The quantitative estimate of drug-likeness (QED) is 0.523. The Morgan fingerprint density at radius 2 is 1.93 bits per heavy atom. The number of pyridine rings is 1. The first-order valence-electron chi connectivity index (χ1n) is 9.34. The summed E-state index contributed by atoms with van der Waals surface area (Å²) in [5.41, 5.74) is 2.12. The van der Waals surface area contributed by atoms with Crippen LogP contribution < -0.4 is 15.7 Å². The van der Waals surface area contributed by atoms with E-state index in [9.17, 15) is 9.59 Å². The van der Waals surface area contributed by atoms with Gasteiger partial charge in [-0.2, -0.15) is 0 Å². The van der Waals surface area contributed by atoms with Gasteiger partial charge in [-0.05, 0) is 25.1 Å². The smallest absolute Gasteiger partial charge is 0.352 e. The van der Waals surface area contributed by atoms with Crippen LogP contribution in [0.2, 0.25) is 0 Å². The molecule has 3 aromatic heterocycles. The molecule has 4 rings (SSSR count). The SMILES string of the molecule is COc1ccccc1CNC(=O)Cn1nc2cc(-c3ccccn3)nc(C)n2c1=O. The maximum Gasteiger partial charge on any atom is 0.352 e. The topological polar surface area (TPSA) is 103 Å². The van der Waals surface area contributed by atoms with Gasteiger partial charge < -0.3 is 10.1 Å². The second-order valence-electron chi connectivity index (χ2n) is 6.63. The van der Waals surface area contributed by atoms with Gasteiger partial charge in [0.25, 0.3) is 0 Å². The molecule has 0 unspecified atom stereocenters. The number of fused-ring (bicyclic) bond motifs is 1. The molecular formula is C21H20N6O3. The Hall–Kier alpha value is -4.01. The number of aryl methyl sites for hydroxylation is 1. The number of ether oxygens (including phenoxy) is 1. The molecule has 152 valence electrons. The number of amides is 1. The second-order valence-corrected chi connectivity index (χ2v) is 6.63. The summed E-state index contributed by atoms with van der Waals surface area (Å²) in [5.74, 6) is 0.826. The molecule has 1 aromatic carbocycles. The highest BCUT2D eigenvalue weighted by molar-refractivity contribution is 5.75. The summed E-state index contributed by atoms with van der Waals surface area (Å²) in [7, 11) is 1.58. The molecule has 30 heavy (non-hydrogen) atoms. The predicted molar refractivity (Wildman–Crippen MR) is 110 cm³/mol. The van der Waals surface area contributed by atoms with Crippen LogP contribution in [0.5, 0.6) is 5.75 Å². The second kappa shape index (κ2) is 8.16. The first-order valence-corrected chi connectivity index (χ1v) is 9.34. The average molecular weight is 404 g/mol. The number of nitrogens with zero attached hydrogens (tertiary/aromatic N) is 5. The summed E-state index contributed by atoms with van der Waals surface area (Å²) in [6, 6.07) is 14.6. The fourth-order valence-electron chi connectivity index (χ4n) is 3.18. The van der Waals surface area contributed by atoms with E-state index in [4.69, 9.17) is 4.74 Å². The third-order valence-corrected chi connectivity index (χ3v) is 4.63. The van der Waals surface area contributed by atoms with Gasteiger partial charge in [0, 0.05) is 24.4 Å². The van der Waals surface area contributed by atoms with Crippen molar-refractivity contribution < 1.29 is 9.53 Å². The average Bonchev–Trinajstić information content (AvgIpc) is 3.08. The zero-order valence-corrected chi connectivity index (χ0v) is 16.6. The third kappa shape index (κ3) is 3.77. The monoisotopic (exact) mass is 404 g/mol. The molecule has 4 aromatic rings. The van der Waals surface area contributed by atoms with Crippen molar-refractivity contribution in [1.82, 2.24) is 29.5 Å². The van der Waals surface area contributed by atoms with Gasteiger partial charge in [-0.1, -0.05) is 24.3 Å². The van der Waals surface area contributed by atoms with E-state index in [2.05, 4.69) is 20.4 Å². The minimum atomic E-state index is -0.421. The van der Waals surface area contributed by atoms with E-state index in [1.807, 2.05) is 42.5 Å². The van der Waals surface area contributed by atoms with Crippen molar-refractivity contribution in [3.63, 3.8) is 0 Å². The molecule has 0 aliphatic heterocycles. The number of carbonyl (C=O) groups excluding carboxylic acids is 1. The molecule has 0 fully saturated rings. The van der Waals surface area contributed by atoms with E-state index in [1.54, 1.807) is 26.3 Å². The zero-order chi connectivity index (χ0) is 21.1. The maximum atomic E-state index is 12.7. The number of benzene rings is 1. The van der Waals surface area contributed by atoms with E-state index in [-0.39, 0.29) is 19.0 Å². The number of methoxy groups -OCH3 is 1. The molecule has 0 aliphatic rings. The van der Waals surface area contributed by atoms with Gasteiger partial charge in [-0.25, -0.2) is 18.9 Å². The van der Waals surface area contributed by atoms with Crippen molar-refractivity contribution in [3.8, 4) is 17.1 Å². The molecule has 0 bridgehead atoms. The van der Waals surface area contributed by atoms with Crippen LogP contribution in [0.4, 0.5) is 0 Å². The van der Waals surface area contributed by atoms with Crippen LogP contribution >= 0.6 is 0 Å². The Morgan fingerprint density at radius 3 is 2.70 bits per heavy atom. The van der Waals surface area contributed by atoms with Crippen molar-refractivity contribution in [2.24, 2.45) is 0 Å². The summed E-state index contributed by atoms with van der Waals surface area (Å²) in [6.45, 7) is 1.80. The van der Waals surface area contributed by atoms with Gasteiger partial charge in [0.1, 0.15) is 18.1 Å². The Bertz CT molecular complexity index is 1260. The molecular weight excluding hydrogens is 384 g/mol. The molecule has 0 saturated heterocycles. The molecule has 1 amide bonds. The minimum absolute atomic E-state index is 0.200. The molecule has 0 saturated carbocycles. The number of hydrogen-bond donors (Lipinski definition) is 1. The highest BCUT2D eigenvalue weighted by Crippen LogP contribution is 2.17. The molecule has 0 aliphatic carbocycles. The van der Waals surface area contributed by atoms with E-state index in [0.717, 1.165) is 10.2 Å². The lowest BCUT2D eigenvalue weighted by Crippen LogP contribution is -2.32. The highest BCUT2D eigenvalue weighted by Gasteiger charge is 2.15. The molecule has 0 atom stereocenters. The largest absolute Gasteiger partial charge is 0.496 e. The summed E-state index contributed by atoms with van der Waals surface area (Å²) >= 11 is 0. The molecule has 9 heteroatoms. The Labute approximate surface area is 172 Å². The van der Waals surface area contributed by atoms with E-state index in [0.29, 0.717) is 28.6 Å². The van der Waals surface area contributed by atoms with E-state index < -0.39 is 5.69 Å². The fraction of sp³-hybridized carbons (Fsp3) is 0.190. The lowest BCUT2D eigenvalue weighted by atomic mass is 10.2. The van der Waals surface area contributed by atoms with E-state index >= 15 is 0 Å². The maximum absolute atomic E-state index is 12.7. The summed E-state index contributed by atoms with van der Waals surface area (Å²) in [6.07, 6.45) is 1.67. The lowest BCUT2D eigenvalue weighted by molar-refractivity contribution is -0.122. The van der Waals surface area contributed by atoms with Crippen LogP contribution in [-0.4, -0.2) is 37.2 Å². The van der Waals surface area contributed by atoms with Crippen LogP contribution in [0.3, 0.4) is 0 Å². The summed E-state index contributed by atoms with van der Waals surface area (Å²) < 4.78 is 7.79. The number of para-hydroxylation sites is 1. The molecule has 0 radical (unpaired) electrons. The van der Waals surface area contributed by atoms with Gasteiger partial charge >= 0.3 is 5.69 Å². The predicted octanol–water partition coefficient (Wildman–Crippen LogP) is 1.59. The van der Waals surface area contributed by atoms with Gasteiger partial charge in [0.15, 0.2) is 5.65 Å². The first-order chi connectivity index (χ1) is 14.6. The van der Waals surface area contributed by atoms with Crippen LogP contribution in [0.15, 0.2) is 59.5 Å². The molecule has 9 nitrogen and oxygen atoms in total. The van der Waals surface area contributed by atoms with Crippen molar-refractivity contribution in [3.05, 3.63) is 76.6 Å². The molecule has 0 spiro atoms. The fourth-order valence-corrected chi connectivity index (χ4v) is 3.18. The Balaban J connectivity index is 1.56.